The Morgan fingerprint density at radius 1 is 1.04 bits per heavy atom. The summed E-state index contributed by atoms with van der Waals surface area (Å²) in [4.78, 5) is 12.3. The normalized spacial score (nSPS) is 10.6. The highest BCUT2D eigenvalue weighted by Gasteiger charge is 2.06. The van der Waals surface area contributed by atoms with Gasteiger partial charge in [0, 0.05) is 5.56 Å². The second-order valence-electron chi connectivity index (χ2n) is 5.19. The van der Waals surface area contributed by atoms with Crippen LogP contribution in [0, 0.1) is 0 Å². The minimum absolute atomic E-state index is 0.0826. The van der Waals surface area contributed by atoms with Crippen LogP contribution in [0.5, 0.6) is 17.2 Å². The lowest BCUT2D eigenvalue weighted by Gasteiger charge is -2.10. The third kappa shape index (κ3) is 4.62. The van der Waals surface area contributed by atoms with Gasteiger partial charge in [-0.15, -0.1) is 0 Å². The van der Waals surface area contributed by atoms with Crippen LogP contribution < -0.4 is 14.2 Å². The van der Waals surface area contributed by atoms with Crippen LogP contribution in [0.2, 0.25) is 0 Å². The molecule has 4 nitrogen and oxygen atoms in total. The van der Waals surface area contributed by atoms with Gasteiger partial charge in [0.15, 0.2) is 17.3 Å². The Labute approximate surface area is 142 Å². The number of allylic oxidation sites excluding steroid dienone is 1. The molecule has 0 amide bonds. The van der Waals surface area contributed by atoms with Crippen molar-refractivity contribution in [3.63, 3.8) is 0 Å². The summed E-state index contributed by atoms with van der Waals surface area (Å²) in [7, 11) is 3.19. The van der Waals surface area contributed by atoms with Crippen LogP contribution in [0.3, 0.4) is 0 Å². The van der Waals surface area contributed by atoms with Crippen molar-refractivity contribution in [3.05, 3.63) is 59.7 Å². The number of hydrogen-bond acceptors (Lipinski definition) is 4. The maximum Gasteiger partial charge on any atom is 0.185 e. The molecule has 126 valence electrons. The number of rotatable bonds is 8. The molecule has 0 aliphatic rings. The number of methoxy groups -OCH3 is 2. The fourth-order valence-electron chi connectivity index (χ4n) is 2.17. The zero-order chi connectivity index (χ0) is 17.4. The largest absolute Gasteiger partial charge is 0.497 e. The molecule has 0 radical (unpaired) electrons. The first kappa shape index (κ1) is 17.6. The van der Waals surface area contributed by atoms with Crippen molar-refractivity contribution in [3.8, 4) is 17.2 Å². The molecule has 0 bridgehead atoms. The summed E-state index contributed by atoms with van der Waals surface area (Å²) in [6.07, 6.45) is 4.22. The van der Waals surface area contributed by atoms with Gasteiger partial charge in [-0.3, -0.25) is 4.79 Å². The molecule has 0 unspecified atom stereocenters. The average molecular weight is 326 g/mol. The number of carbonyl (C=O) groups is 1. The summed E-state index contributed by atoms with van der Waals surface area (Å²) < 4.78 is 16.1. The summed E-state index contributed by atoms with van der Waals surface area (Å²) in [5.41, 5.74) is 1.46. The minimum atomic E-state index is -0.0826. The predicted octanol–water partition coefficient (Wildman–Crippen LogP) is 4.39. The molecule has 0 N–H and O–H groups in total. The number of ketones is 1. The molecule has 0 aliphatic carbocycles. The first-order valence-corrected chi connectivity index (χ1v) is 7.85. The third-order valence-corrected chi connectivity index (χ3v) is 3.43. The molecule has 2 aromatic carbocycles. The van der Waals surface area contributed by atoms with Gasteiger partial charge < -0.3 is 14.2 Å². The SMILES string of the molecule is CCCOc1cc(/C=C/C(=O)c2cccc(OC)c2)ccc1OC. The van der Waals surface area contributed by atoms with Crippen LogP contribution in [0.4, 0.5) is 0 Å². The van der Waals surface area contributed by atoms with Crippen molar-refractivity contribution in [1.29, 1.82) is 0 Å². The zero-order valence-electron chi connectivity index (χ0n) is 14.2. The fraction of sp³-hybridized carbons (Fsp3) is 0.250. The Hall–Kier alpha value is -2.75. The first-order valence-electron chi connectivity index (χ1n) is 7.85. The van der Waals surface area contributed by atoms with Crippen molar-refractivity contribution in [1.82, 2.24) is 0 Å². The van der Waals surface area contributed by atoms with Crippen LogP contribution in [0.25, 0.3) is 6.08 Å². The Kier molecular flexibility index (Phi) is 6.43. The molecule has 0 aromatic heterocycles. The molecule has 0 spiro atoms. The van der Waals surface area contributed by atoms with Crippen LogP contribution in [-0.4, -0.2) is 26.6 Å². The molecular formula is C20H22O4. The van der Waals surface area contributed by atoms with Gasteiger partial charge in [-0.1, -0.05) is 31.2 Å². The highest BCUT2D eigenvalue weighted by Crippen LogP contribution is 2.28. The van der Waals surface area contributed by atoms with Crippen molar-refractivity contribution in [2.24, 2.45) is 0 Å². The molecule has 0 heterocycles. The summed E-state index contributed by atoms with van der Waals surface area (Å²) in [6.45, 7) is 2.66. The van der Waals surface area contributed by atoms with E-state index in [-0.39, 0.29) is 5.78 Å². The fourth-order valence-corrected chi connectivity index (χ4v) is 2.17. The van der Waals surface area contributed by atoms with Gasteiger partial charge >= 0.3 is 0 Å². The molecule has 0 aliphatic heterocycles. The maximum absolute atomic E-state index is 12.3. The van der Waals surface area contributed by atoms with Crippen molar-refractivity contribution < 1.29 is 19.0 Å². The molecule has 0 fully saturated rings. The van der Waals surface area contributed by atoms with Crippen molar-refractivity contribution in [2.45, 2.75) is 13.3 Å². The van der Waals surface area contributed by atoms with E-state index in [1.165, 1.54) is 0 Å². The second kappa shape index (κ2) is 8.77. The van der Waals surface area contributed by atoms with Crippen LogP contribution in [-0.2, 0) is 0 Å². The number of benzene rings is 2. The maximum atomic E-state index is 12.3. The molecule has 0 saturated heterocycles. The van der Waals surface area contributed by atoms with Gasteiger partial charge in [-0.25, -0.2) is 0 Å². The van der Waals surface area contributed by atoms with Crippen LogP contribution in [0.15, 0.2) is 48.5 Å². The Morgan fingerprint density at radius 3 is 2.58 bits per heavy atom. The number of carbonyl (C=O) groups excluding carboxylic acids is 1. The van der Waals surface area contributed by atoms with Crippen molar-refractivity contribution >= 4 is 11.9 Å². The molecule has 24 heavy (non-hydrogen) atoms. The molecular weight excluding hydrogens is 304 g/mol. The smallest absolute Gasteiger partial charge is 0.185 e. The third-order valence-electron chi connectivity index (χ3n) is 3.43. The van der Waals surface area contributed by atoms with E-state index in [1.807, 2.05) is 25.1 Å². The van der Waals surface area contributed by atoms with E-state index in [0.717, 1.165) is 12.0 Å². The number of ether oxygens (including phenoxy) is 3. The van der Waals surface area contributed by atoms with Gasteiger partial charge in [0.05, 0.1) is 20.8 Å². The zero-order valence-corrected chi connectivity index (χ0v) is 14.2. The molecule has 2 rings (SSSR count). The highest BCUT2D eigenvalue weighted by atomic mass is 16.5. The topological polar surface area (TPSA) is 44.8 Å². The molecule has 2 aromatic rings. The summed E-state index contributed by atoms with van der Waals surface area (Å²) in [5.74, 6) is 1.93. The van der Waals surface area contributed by atoms with E-state index in [0.29, 0.717) is 29.4 Å². The molecule has 4 heteroatoms. The monoisotopic (exact) mass is 326 g/mol. The van der Waals surface area contributed by atoms with E-state index >= 15 is 0 Å². The Bertz CT molecular complexity index is 719. The molecule has 0 atom stereocenters. The van der Waals surface area contributed by atoms with E-state index in [1.54, 1.807) is 50.6 Å². The van der Waals surface area contributed by atoms with E-state index < -0.39 is 0 Å². The van der Waals surface area contributed by atoms with Gasteiger partial charge in [-0.2, -0.15) is 0 Å². The summed E-state index contributed by atoms with van der Waals surface area (Å²) in [6, 6.07) is 12.7. The van der Waals surface area contributed by atoms with Gasteiger partial charge in [0.25, 0.3) is 0 Å². The predicted molar refractivity (Wildman–Crippen MR) is 95.1 cm³/mol. The van der Waals surface area contributed by atoms with Gasteiger partial charge in [-0.05, 0) is 42.3 Å². The minimum Gasteiger partial charge on any atom is -0.497 e. The van der Waals surface area contributed by atoms with Gasteiger partial charge in [0.1, 0.15) is 5.75 Å². The van der Waals surface area contributed by atoms with Crippen LogP contribution >= 0.6 is 0 Å². The standard InChI is InChI=1S/C20H22O4/c1-4-12-24-20-13-15(9-11-19(20)23-3)8-10-18(21)16-6-5-7-17(14-16)22-2/h5-11,13-14H,4,12H2,1-3H3/b10-8+. The lowest BCUT2D eigenvalue weighted by Crippen LogP contribution is -1.98. The lowest BCUT2D eigenvalue weighted by molar-refractivity contribution is 0.104. The van der Waals surface area contributed by atoms with Crippen LogP contribution in [0.1, 0.15) is 29.3 Å². The van der Waals surface area contributed by atoms with E-state index in [9.17, 15) is 4.79 Å². The highest BCUT2D eigenvalue weighted by molar-refractivity contribution is 6.07. The second-order valence-corrected chi connectivity index (χ2v) is 5.19. The Balaban J connectivity index is 2.16. The number of hydrogen-bond donors (Lipinski definition) is 0. The summed E-state index contributed by atoms with van der Waals surface area (Å²) in [5, 5.41) is 0. The lowest BCUT2D eigenvalue weighted by atomic mass is 10.1. The van der Waals surface area contributed by atoms with E-state index in [4.69, 9.17) is 14.2 Å². The first-order chi connectivity index (χ1) is 11.7. The van der Waals surface area contributed by atoms with Gasteiger partial charge in [0.2, 0.25) is 0 Å². The van der Waals surface area contributed by atoms with Crippen molar-refractivity contribution in [2.75, 3.05) is 20.8 Å². The molecule has 0 saturated carbocycles. The average Bonchev–Trinajstić information content (AvgIpc) is 2.64. The summed E-state index contributed by atoms with van der Waals surface area (Å²) >= 11 is 0. The Morgan fingerprint density at radius 2 is 1.88 bits per heavy atom. The van der Waals surface area contributed by atoms with E-state index in [2.05, 4.69) is 0 Å². The quantitative estimate of drug-likeness (QED) is 0.533.